The number of hydrogen-bond acceptors (Lipinski definition) is 6. The minimum Gasteiger partial charge on any atom is -0.497 e. The molecule has 2 heterocycles. The third kappa shape index (κ3) is 3.65. The van der Waals surface area contributed by atoms with Crippen LogP contribution in [0.3, 0.4) is 0 Å². The lowest BCUT2D eigenvalue weighted by molar-refractivity contribution is -0.117. The summed E-state index contributed by atoms with van der Waals surface area (Å²) in [6.07, 6.45) is 4.00. The van der Waals surface area contributed by atoms with Gasteiger partial charge >= 0.3 is 0 Å². The number of fused-ring (bicyclic) bond motifs is 1. The quantitative estimate of drug-likeness (QED) is 0.685. The summed E-state index contributed by atoms with van der Waals surface area (Å²) in [6.45, 7) is 0. The maximum absolute atomic E-state index is 12.4. The molecule has 2 aromatic carbocycles. The molecule has 0 spiro atoms. The standard InChI is InChI=1S/C21H20N4O3/c1-27-14-8-10-18-15(11-14)16(20(26)23-18)12-19-24-25-21(28-19)17(22)9-7-13-5-3-2-4-6-13/h2-11,16-17H,12,22H2,1H3,(H,23,26)/b9-7+/t16?,17-/m0/s1. The van der Waals surface area contributed by atoms with Crippen molar-refractivity contribution in [1.82, 2.24) is 10.2 Å². The number of aromatic nitrogens is 2. The van der Waals surface area contributed by atoms with Crippen molar-refractivity contribution in [1.29, 1.82) is 0 Å². The van der Waals surface area contributed by atoms with Crippen LogP contribution in [0.5, 0.6) is 5.75 Å². The molecule has 0 aliphatic carbocycles. The Morgan fingerprint density at radius 2 is 2.07 bits per heavy atom. The summed E-state index contributed by atoms with van der Waals surface area (Å²) in [5.74, 6) is 0.867. The van der Waals surface area contributed by atoms with Crippen LogP contribution in [0, 0.1) is 0 Å². The lowest BCUT2D eigenvalue weighted by Crippen LogP contribution is -2.14. The molecule has 1 aliphatic rings. The van der Waals surface area contributed by atoms with Gasteiger partial charge in [0.25, 0.3) is 0 Å². The lowest BCUT2D eigenvalue weighted by atomic mass is 9.97. The zero-order valence-electron chi connectivity index (χ0n) is 15.3. The first kappa shape index (κ1) is 17.9. The van der Waals surface area contributed by atoms with E-state index in [2.05, 4.69) is 15.5 Å². The van der Waals surface area contributed by atoms with Gasteiger partial charge in [-0.3, -0.25) is 4.79 Å². The summed E-state index contributed by atoms with van der Waals surface area (Å²) in [5.41, 5.74) is 8.80. The average molecular weight is 376 g/mol. The molecule has 0 saturated heterocycles. The van der Waals surface area contributed by atoms with E-state index < -0.39 is 12.0 Å². The highest BCUT2D eigenvalue weighted by atomic mass is 16.5. The topological polar surface area (TPSA) is 103 Å². The second kappa shape index (κ2) is 7.66. The van der Waals surface area contributed by atoms with E-state index in [0.717, 1.165) is 16.8 Å². The highest BCUT2D eigenvalue weighted by molar-refractivity contribution is 6.03. The number of nitrogens with two attached hydrogens (primary N) is 1. The number of carbonyl (C=O) groups is 1. The summed E-state index contributed by atoms with van der Waals surface area (Å²) in [4.78, 5) is 12.4. The number of anilines is 1. The maximum atomic E-state index is 12.4. The molecule has 2 atom stereocenters. The van der Waals surface area contributed by atoms with Crippen molar-refractivity contribution in [2.75, 3.05) is 12.4 Å². The molecule has 0 fully saturated rings. The summed E-state index contributed by atoms with van der Waals surface area (Å²) in [7, 11) is 1.59. The summed E-state index contributed by atoms with van der Waals surface area (Å²) < 4.78 is 11.0. The Morgan fingerprint density at radius 1 is 1.25 bits per heavy atom. The molecule has 0 saturated carbocycles. The number of carbonyl (C=O) groups excluding carboxylic acids is 1. The van der Waals surface area contributed by atoms with Crippen LogP contribution in [-0.4, -0.2) is 23.2 Å². The second-order valence-electron chi connectivity index (χ2n) is 6.53. The van der Waals surface area contributed by atoms with E-state index >= 15 is 0 Å². The summed E-state index contributed by atoms with van der Waals surface area (Å²) in [6, 6.07) is 14.8. The third-order valence-electron chi connectivity index (χ3n) is 4.65. The van der Waals surface area contributed by atoms with Crippen LogP contribution in [-0.2, 0) is 11.2 Å². The SMILES string of the molecule is COc1ccc2c(c1)C(Cc1nnc([C@@H](N)/C=C/c3ccccc3)o1)C(=O)N2. The highest BCUT2D eigenvalue weighted by Crippen LogP contribution is 2.37. The fourth-order valence-corrected chi connectivity index (χ4v) is 3.15. The molecule has 0 radical (unpaired) electrons. The van der Waals surface area contributed by atoms with Crippen molar-refractivity contribution in [2.45, 2.75) is 18.4 Å². The van der Waals surface area contributed by atoms with Crippen LogP contribution in [0.2, 0.25) is 0 Å². The molecule has 1 amide bonds. The smallest absolute Gasteiger partial charge is 0.237 e. The molecule has 1 unspecified atom stereocenters. The second-order valence-corrected chi connectivity index (χ2v) is 6.53. The van der Waals surface area contributed by atoms with E-state index in [-0.39, 0.29) is 5.91 Å². The maximum Gasteiger partial charge on any atom is 0.237 e. The van der Waals surface area contributed by atoms with E-state index in [1.807, 2.05) is 54.6 Å². The largest absolute Gasteiger partial charge is 0.497 e. The van der Waals surface area contributed by atoms with Gasteiger partial charge in [-0.2, -0.15) is 0 Å². The van der Waals surface area contributed by atoms with Gasteiger partial charge in [0, 0.05) is 12.1 Å². The van der Waals surface area contributed by atoms with Crippen molar-refractivity contribution in [3.8, 4) is 5.75 Å². The number of rotatable bonds is 6. The van der Waals surface area contributed by atoms with Crippen molar-refractivity contribution in [3.63, 3.8) is 0 Å². The molecule has 4 rings (SSSR count). The molecule has 28 heavy (non-hydrogen) atoms. The molecule has 3 N–H and O–H groups in total. The van der Waals surface area contributed by atoms with E-state index in [1.54, 1.807) is 13.2 Å². The van der Waals surface area contributed by atoms with Crippen molar-refractivity contribution in [2.24, 2.45) is 5.73 Å². The first-order valence-electron chi connectivity index (χ1n) is 8.94. The van der Waals surface area contributed by atoms with E-state index in [9.17, 15) is 4.79 Å². The predicted molar refractivity (Wildman–Crippen MR) is 105 cm³/mol. The highest BCUT2D eigenvalue weighted by Gasteiger charge is 2.32. The number of ether oxygens (including phenoxy) is 1. The predicted octanol–water partition coefficient (Wildman–Crippen LogP) is 3.07. The molecular weight excluding hydrogens is 356 g/mol. The minimum atomic E-state index is -0.522. The number of nitrogens with one attached hydrogen (secondary N) is 1. The number of hydrogen-bond donors (Lipinski definition) is 2. The Labute approximate surface area is 162 Å². The molecule has 7 nitrogen and oxygen atoms in total. The molecule has 142 valence electrons. The summed E-state index contributed by atoms with van der Waals surface area (Å²) in [5, 5.41) is 11.0. The van der Waals surface area contributed by atoms with E-state index in [0.29, 0.717) is 24.0 Å². The normalized spacial score (nSPS) is 16.8. The number of methoxy groups -OCH3 is 1. The van der Waals surface area contributed by atoms with Crippen LogP contribution >= 0.6 is 0 Å². The van der Waals surface area contributed by atoms with Crippen molar-refractivity contribution < 1.29 is 13.9 Å². The Morgan fingerprint density at radius 3 is 2.86 bits per heavy atom. The molecule has 0 bridgehead atoms. The van der Waals surface area contributed by atoms with Crippen LogP contribution < -0.4 is 15.8 Å². The Kier molecular flexibility index (Phi) is 4.90. The fourth-order valence-electron chi connectivity index (χ4n) is 3.15. The van der Waals surface area contributed by atoms with Crippen LogP contribution in [0.25, 0.3) is 6.08 Å². The van der Waals surface area contributed by atoms with Crippen molar-refractivity contribution in [3.05, 3.63) is 77.5 Å². The van der Waals surface area contributed by atoms with Gasteiger partial charge < -0.3 is 20.2 Å². The van der Waals surface area contributed by atoms with Gasteiger partial charge in [-0.05, 0) is 29.3 Å². The zero-order chi connectivity index (χ0) is 19.5. The molecule has 1 aromatic heterocycles. The van der Waals surface area contributed by atoms with Gasteiger partial charge in [0.1, 0.15) is 11.8 Å². The van der Waals surface area contributed by atoms with Gasteiger partial charge in [0.2, 0.25) is 17.7 Å². The number of benzene rings is 2. The van der Waals surface area contributed by atoms with Gasteiger partial charge in [-0.1, -0.05) is 42.5 Å². The van der Waals surface area contributed by atoms with Crippen molar-refractivity contribution >= 4 is 17.7 Å². The van der Waals surface area contributed by atoms with Gasteiger partial charge in [-0.15, -0.1) is 10.2 Å². The Hall–Kier alpha value is -3.45. The molecular formula is C21H20N4O3. The fraction of sp³-hybridized carbons (Fsp3) is 0.190. The van der Waals surface area contributed by atoms with Crippen LogP contribution in [0.15, 0.2) is 59.0 Å². The third-order valence-corrected chi connectivity index (χ3v) is 4.65. The van der Waals surface area contributed by atoms with Gasteiger partial charge in [0.05, 0.1) is 13.0 Å². The first-order valence-corrected chi connectivity index (χ1v) is 8.94. The zero-order valence-corrected chi connectivity index (χ0v) is 15.3. The van der Waals surface area contributed by atoms with E-state index in [1.165, 1.54) is 0 Å². The Balaban J connectivity index is 1.48. The van der Waals surface area contributed by atoms with Gasteiger partial charge in [-0.25, -0.2) is 0 Å². The molecule has 7 heteroatoms. The lowest BCUT2D eigenvalue weighted by Gasteiger charge is -2.07. The Bertz CT molecular complexity index is 1010. The molecule has 1 aliphatic heterocycles. The van der Waals surface area contributed by atoms with Gasteiger partial charge in [0.15, 0.2) is 0 Å². The minimum absolute atomic E-state index is 0.101. The first-order chi connectivity index (χ1) is 13.6. The van der Waals surface area contributed by atoms with E-state index in [4.69, 9.17) is 14.9 Å². The number of nitrogens with zero attached hydrogens (tertiary/aromatic N) is 2. The molecule has 3 aromatic rings. The van der Waals surface area contributed by atoms with Crippen LogP contribution in [0.1, 0.15) is 34.9 Å². The summed E-state index contributed by atoms with van der Waals surface area (Å²) >= 11 is 0. The monoisotopic (exact) mass is 376 g/mol. The number of amides is 1. The van der Waals surface area contributed by atoms with Crippen LogP contribution in [0.4, 0.5) is 5.69 Å². The average Bonchev–Trinajstić information content (AvgIpc) is 3.31.